The Kier molecular flexibility index (Phi) is 11.4. The van der Waals surface area contributed by atoms with Crippen LogP contribution in [0.2, 0.25) is 0 Å². The SMILES string of the molecule is CCOC(=O)C(Cc1ccccc1)NC(=O)[C@@H]1CCCN1C(=O)CCCCCCC(=O)NO. The molecule has 1 aliphatic heterocycles. The summed E-state index contributed by atoms with van der Waals surface area (Å²) >= 11 is 0. The Morgan fingerprint density at radius 1 is 1.09 bits per heavy atom. The zero-order valence-electron chi connectivity index (χ0n) is 19.3. The first kappa shape index (κ1) is 26.3. The van der Waals surface area contributed by atoms with E-state index >= 15 is 0 Å². The first-order valence-electron chi connectivity index (χ1n) is 11.7. The highest BCUT2D eigenvalue weighted by molar-refractivity contribution is 5.91. The Balaban J connectivity index is 1.87. The summed E-state index contributed by atoms with van der Waals surface area (Å²) in [4.78, 5) is 50.8. The maximum Gasteiger partial charge on any atom is 0.328 e. The van der Waals surface area contributed by atoms with E-state index in [4.69, 9.17) is 9.94 Å². The number of benzene rings is 1. The molecule has 0 spiro atoms. The van der Waals surface area contributed by atoms with Crippen LogP contribution in [0.4, 0.5) is 0 Å². The highest BCUT2D eigenvalue weighted by atomic mass is 16.5. The Labute approximate surface area is 194 Å². The van der Waals surface area contributed by atoms with Crippen molar-refractivity contribution in [1.82, 2.24) is 15.7 Å². The van der Waals surface area contributed by atoms with E-state index in [1.54, 1.807) is 17.3 Å². The molecule has 2 rings (SSSR count). The molecule has 0 aliphatic carbocycles. The summed E-state index contributed by atoms with van der Waals surface area (Å²) in [5, 5.41) is 11.3. The van der Waals surface area contributed by atoms with E-state index in [-0.39, 0.29) is 24.8 Å². The lowest BCUT2D eigenvalue weighted by Crippen LogP contribution is -2.51. The number of likely N-dealkylation sites (tertiary alicyclic amines) is 1. The monoisotopic (exact) mass is 461 g/mol. The number of hydrogen-bond acceptors (Lipinski definition) is 6. The number of esters is 1. The van der Waals surface area contributed by atoms with Crippen molar-refractivity contribution in [3.8, 4) is 0 Å². The van der Waals surface area contributed by atoms with Crippen molar-refractivity contribution in [2.45, 2.75) is 76.8 Å². The maximum atomic E-state index is 13.0. The number of hydroxylamine groups is 1. The van der Waals surface area contributed by atoms with E-state index in [1.807, 2.05) is 30.3 Å². The van der Waals surface area contributed by atoms with Gasteiger partial charge < -0.3 is 15.0 Å². The van der Waals surface area contributed by atoms with Gasteiger partial charge in [0.25, 0.3) is 0 Å². The molecule has 182 valence electrons. The zero-order valence-corrected chi connectivity index (χ0v) is 19.3. The molecule has 1 heterocycles. The second kappa shape index (κ2) is 14.3. The summed E-state index contributed by atoms with van der Waals surface area (Å²) in [6.45, 7) is 2.47. The van der Waals surface area contributed by atoms with Gasteiger partial charge in [-0.2, -0.15) is 0 Å². The molecular formula is C24H35N3O6. The fraction of sp³-hybridized carbons (Fsp3) is 0.583. The van der Waals surface area contributed by atoms with Gasteiger partial charge >= 0.3 is 5.97 Å². The van der Waals surface area contributed by atoms with Crippen LogP contribution >= 0.6 is 0 Å². The lowest BCUT2D eigenvalue weighted by atomic mass is 10.0. The number of unbranched alkanes of at least 4 members (excludes halogenated alkanes) is 3. The molecular weight excluding hydrogens is 426 g/mol. The molecule has 1 fully saturated rings. The van der Waals surface area contributed by atoms with Gasteiger partial charge in [0.2, 0.25) is 17.7 Å². The van der Waals surface area contributed by atoms with Gasteiger partial charge in [0.05, 0.1) is 6.61 Å². The molecule has 9 heteroatoms. The zero-order chi connectivity index (χ0) is 24.1. The third-order valence-corrected chi connectivity index (χ3v) is 5.72. The van der Waals surface area contributed by atoms with Crippen molar-refractivity contribution < 1.29 is 29.1 Å². The first-order chi connectivity index (χ1) is 16.0. The molecule has 1 saturated heterocycles. The highest BCUT2D eigenvalue weighted by Gasteiger charge is 2.35. The second-order valence-corrected chi connectivity index (χ2v) is 8.20. The van der Waals surface area contributed by atoms with Gasteiger partial charge in [-0.05, 0) is 38.2 Å². The minimum Gasteiger partial charge on any atom is -0.464 e. The van der Waals surface area contributed by atoms with Crippen LogP contribution in [0.25, 0.3) is 0 Å². The van der Waals surface area contributed by atoms with E-state index in [0.29, 0.717) is 38.6 Å². The number of hydrogen-bond donors (Lipinski definition) is 3. The number of ether oxygens (including phenoxy) is 1. The fourth-order valence-electron chi connectivity index (χ4n) is 4.01. The molecule has 0 saturated carbocycles. The average molecular weight is 462 g/mol. The lowest BCUT2D eigenvalue weighted by Gasteiger charge is -2.26. The quantitative estimate of drug-likeness (QED) is 0.179. The minimum absolute atomic E-state index is 0.0727. The summed E-state index contributed by atoms with van der Waals surface area (Å²) in [6.07, 6.45) is 5.10. The van der Waals surface area contributed by atoms with Crippen LogP contribution in [0.3, 0.4) is 0 Å². The van der Waals surface area contributed by atoms with Crippen molar-refractivity contribution in [2.75, 3.05) is 13.2 Å². The maximum absolute atomic E-state index is 13.0. The molecule has 1 aromatic rings. The van der Waals surface area contributed by atoms with Gasteiger partial charge in [0.1, 0.15) is 12.1 Å². The standard InChI is InChI=1S/C24H35N3O6/c1-2-33-24(31)19(17-18-11-6-5-7-12-18)25-23(30)20-13-10-16-27(20)22(29)15-9-4-3-8-14-21(28)26-32/h5-7,11-12,19-20,32H,2-4,8-10,13-17H2,1H3,(H,25,30)(H,26,28)/t19?,20-/m0/s1. The first-order valence-corrected chi connectivity index (χ1v) is 11.7. The van der Waals surface area contributed by atoms with Crippen molar-refractivity contribution in [1.29, 1.82) is 0 Å². The molecule has 33 heavy (non-hydrogen) atoms. The molecule has 0 aromatic heterocycles. The molecule has 1 aromatic carbocycles. The Morgan fingerprint density at radius 3 is 2.45 bits per heavy atom. The smallest absolute Gasteiger partial charge is 0.328 e. The van der Waals surface area contributed by atoms with Gasteiger partial charge in [-0.15, -0.1) is 0 Å². The second-order valence-electron chi connectivity index (χ2n) is 8.20. The van der Waals surface area contributed by atoms with E-state index in [1.165, 1.54) is 0 Å². The van der Waals surface area contributed by atoms with Crippen molar-refractivity contribution in [2.24, 2.45) is 0 Å². The van der Waals surface area contributed by atoms with E-state index in [0.717, 1.165) is 24.8 Å². The van der Waals surface area contributed by atoms with E-state index < -0.39 is 24.0 Å². The Hall–Kier alpha value is -2.94. The average Bonchev–Trinajstić information content (AvgIpc) is 3.31. The van der Waals surface area contributed by atoms with Crippen molar-refractivity contribution in [3.63, 3.8) is 0 Å². The largest absolute Gasteiger partial charge is 0.464 e. The molecule has 0 bridgehead atoms. The van der Waals surface area contributed by atoms with Gasteiger partial charge in [-0.3, -0.25) is 19.6 Å². The van der Waals surface area contributed by atoms with Crippen molar-refractivity contribution >= 4 is 23.7 Å². The molecule has 1 aliphatic rings. The molecule has 2 atom stereocenters. The predicted octanol–water partition coefficient (Wildman–Crippen LogP) is 2.11. The van der Waals surface area contributed by atoms with Gasteiger partial charge in [0, 0.05) is 25.8 Å². The highest BCUT2D eigenvalue weighted by Crippen LogP contribution is 2.20. The van der Waals surface area contributed by atoms with Crippen LogP contribution in [-0.4, -0.2) is 59.0 Å². The number of nitrogens with zero attached hydrogens (tertiary/aromatic N) is 1. The van der Waals surface area contributed by atoms with Crippen LogP contribution in [0, 0.1) is 0 Å². The number of amides is 3. The van der Waals surface area contributed by atoms with Crippen LogP contribution in [0.1, 0.15) is 63.9 Å². The molecule has 1 unspecified atom stereocenters. The lowest BCUT2D eigenvalue weighted by molar-refractivity contribution is -0.148. The molecule has 9 nitrogen and oxygen atoms in total. The summed E-state index contributed by atoms with van der Waals surface area (Å²) in [5.74, 6) is -1.30. The third kappa shape index (κ3) is 8.84. The Bertz CT molecular complexity index is 786. The minimum atomic E-state index is -0.812. The fourth-order valence-corrected chi connectivity index (χ4v) is 4.01. The van der Waals surface area contributed by atoms with Crippen LogP contribution < -0.4 is 10.8 Å². The normalized spacial score (nSPS) is 16.2. The third-order valence-electron chi connectivity index (χ3n) is 5.72. The van der Waals surface area contributed by atoms with Gasteiger partial charge in [0.15, 0.2) is 0 Å². The summed E-state index contributed by atoms with van der Waals surface area (Å²) in [5.41, 5.74) is 2.51. The van der Waals surface area contributed by atoms with E-state index in [9.17, 15) is 19.2 Å². The molecule has 3 amide bonds. The van der Waals surface area contributed by atoms with Gasteiger partial charge in [-0.1, -0.05) is 43.2 Å². The predicted molar refractivity (Wildman–Crippen MR) is 121 cm³/mol. The van der Waals surface area contributed by atoms with Gasteiger partial charge in [-0.25, -0.2) is 10.3 Å². The summed E-state index contributed by atoms with van der Waals surface area (Å²) in [7, 11) is 0. The number of carbonyl (C=O) groups excluding carboxylic acids is 4. The topological polar surface area (TPSA) is 125 Å². The number of carbonyl (C=O) groups is 4. The Morgan fingerprint density at radius 2 is 1.79 bits per heavy atom. The summed E-state index contributed by atoms with van der Waals surface area (Å²) < 4.78 is 5.15. The number of rotatable bonds is 13. The van der Waals surface area contributed by atoms with Crippen LogP contribution in [-0.2, 0) is 30.3 Å². The van der Waals surface area contributed by atoms with Crippen LogP contribution in [0.15, 0.2) is 30.3 Å². The van der Waals surface area contributed by atoms with E-state index in [2.05, 4.69) is 5.32 Å². The number of nitrogens with one attached hydrogen (secondary N) is 2. The van der Waals surface area contributed by atoms with Crippen LogP contribution in [0.5, 0.6) is 0 Å². The molecule has 3 N–H and O–H groups in total. The van der Waals surface area contributed by atoms with Crippen molar-refractivity contribution in [3.05, 3.63) is 35.9 Å². The summed E-state index contributed by atoms with van der Waals surface area (Å²) in [6, 6.07) is 8.01. The molecule has 0 radical (unpaired) electrons.